The van der Waals surface area contributed by atoms with Crippen molar-refractivity contribution < 1.29 is 28.5 Å². The Kier molecular flexibility index (Phi) is 5.73. The molecule has 1 aliphatic carbocycles. The zero-order valence-corrected chi connectivity index (χ0v) is 13.5. The summed E-state index contributed by atoms with van der Waals surface area (Å²) in [4.78, 5) is 11.3. The lowest BCUT2D eigenvalue weighted by Gasteiger charge is -2.54. The number of halogens is 1. The van der Waals surface area contributed by atoms with Crippen LogP contribution in [0.25, 0.3) is 0 Å². The van der Waals surface area contributed by atoms with Crippen molar-refractivity contribution in [2.75, 3.05) is 19.8 Å². The molecule has 23 heavy (non-hydrogen) atoms. The van der Waals surface area contributed by atoms with Crippen molar-refractivity contribution in [3.63, 3.8) is 0 Å². The van der Waals surface area contributed by atoms with Crippen LogP contribution in [0.2, 0.25) is 0 Å². The second-order valence-corrected chi connectivity index (χ2v) is 5.58. The van der Waals surface area contributed by atoms with Gasteiger partial charge in [0.2, 0.25) is 5.67 Å². The molecule has 1 N–H and O–H groups in total. The number of benzene rings is 1. The predicted molar refractivity (Wildman–Crippen MR) is 81.7 cm³/mol. The topological polar surface area (TPSA) is 65.0 Å². The van der Waals surface area contributed by atoms with Crippen LogP contribution < -0.4 is 0 Å². The van der Waals surface area contributed by atoms with E-state index in [0.29, 0.717) is 13.2 Å². The summed E-state index contributed by atoms with van der Waals surface area (Å²) in [5.74, 6) is -3.73. The Morgan fingerprint density at radius 3 is 2.39 bits per heavy atom. The first-order chi connectivity index (χ1) is 11.0. The number of hydrogen-bond acceptors (Lipinski definition) is 4. The quantitative estimate of drug-likeness (QED) is 0.707. The first kappa shape index (κ1) is 17.8. The third kappa shape index (κ3) is 3.54. The largest absolute Gasteiger partial charge is 0.479 e. The molecule has 1 aromatic carbocycles. The lowest BCUT2D eigenvalue weighted by atomic mass is 9.65. The summed E-state index contributed by atoms with van der Waals surface area (Å²) in [6.07, 6.45) is -0.323. The Balaban J connectivity index is 2.06. The van der Waals surface area contributed by atoms with Gasteiger partial charge in [-0.25, -0.2) is 9.18 Å². The first-order valence-electron chi connectivity index (χ1n) is 7.80. The van der Waals surface area contributed by atoms with Crippen molar-refractivity contribution in [3.05, 3.63) is 35.9 Å². The third-order valence-corrected chi connectivity index (χ3v) is 4.12. The van der Waals surface area contributed by atoms with Crippen molar-refractivity contribution >= 4 is 5.97 Å². The normalized spacial score (nSPS) is 25.8. The number of carboxylic acids is 1. The second kappa shape index (κ2) is 7.38. The summed E-state index contributed by atoms with van der Waals surface area (Å²) in [6.45, 7) is 4.35. The smallest absolute Gasteiger partial charge is 0.342 e. The summed E-state index contributed by atoms with van der Waals surface area (Å²) in [6, 6.07) is 9.42. The van der Waals surface area contributed by atoms with Crippen molar-refractivity contribution in [1.82, 2.24) is 0 Å². The van der Waals surface area contributed by atoms with Gasteiger partial charge in [0.15, 0.2) is 5.79 Å². The number of carbonyl (C=O) groups is 1. The Labute approximate surface area is 135 Å². The summed E-state index contributed by atoms with van der Waals surface area (Å²) in [5, 5.41) is 9.21. The van der Waals surface area contributed by atoms with E-state index < -0.39 is 23.3 Å². The highest BCUT2D eigenvalue weighted by Gasteiger charge is 2.71. The Hall–Kier alpha value is -1.50. The highest BCUT2D eigenvalue weighted by molar-refractivity contribution is 5.80. The van der Waals surface area contributed by atoms with Crippen LogP contribution in [-0.4, -0.2) is 42.4 Å². The molecule has 2 rings (SSSR count). The Bertz CT molecular complexity index is 515. The van der Waals surface area contributed by atoms with E-state index in [9.17, 15) is 14.3 Å². The maximum atomic E-state index is 14.7. The molecule has 0 bridgehead atoms. The van der Waals surface area contributed by atoms with Crippen LogP contribution in [0.1, 0.15) is 25.8 Å². The average Bonchev–Trinajstić information content (AvgIpc) is 2.52. The zero-order chi connectivity index (χ0) is 16.9. The number of hydrogen-bond donors (Lipinski definition) is 1. The summed E-state index contributed by atoms with van der Waals surface area (Å²) >= 11 is 0. The van der Waals surface area contributed by atoms with Crippen molar-refractivity contribution in [1.29, 1.82) is 0 Å². The lowest BCUT2D eigenvalue weighted by Crippen LogP contribution is -2.70. The molecule has 6 heteroatoms. The van der Waals surface area contributed by atoms with Gasteiger partial charge >= 0.3 is 5.97 Å². The van der Waals surface area contributed by atoms with Crippen LogP contribution in [0, 0.1) is 5.92 Å². The van der Waals surface area contributed by atoms with E-state index in [-0.39, 0.29) is 19.6 Å². The van der Waals surface area contributed by atoms with Crippen LogP contribution in [0.15, 0.2) is 30.3 Å². The number of aliphatic carboxylic acids is 1. The summed E-state index contributed by atoms with van der Waals surface area (Å²) < 4.78 is 31.4. The minimum Gasteiger partial charge on any atom is -0.479 e. The molecule has 1 saturated carbocycles. The lowest BCUT2D eigenvalue weighted by molar-refractivity contribution is -0.357. The number of carboxylic acid groups (broad SMARTS) is 1. The fourth-order valence-corrected chi connectivity index (χ4v) is 3.01. The van der Waals surface area contributed by atoms with E-state index in [1.807, 2.05) is 30.3 Å². The molecular weight excluding hydrogens is 303 g/mol. The van der Waals surface area contributed by atoms with Crippen molar-refractivity contribution in [3.8, 4) is 0 Å². The van der Waals surface area contributed by atoms with Gasteiger partial charge in [-0.1, -0.05) is 30.3 Å². The molecule has 0 spiro atoms. The molecule has 0 radical (unpaired) electrons. The fourth-order valence-electron chi connectivity index (χ4n) is 3.01. The van der Waals surface area contributed by atoms with Gasteiger partial charge in [0.05, 0.1) is 19.1 Å². The van der Waals surface area contributed by atoms with E-state index in [0.717, 1.165) is 5.56 Å². The molecule has 2 atom stereocenters. The first-order valence-corrected chi connectivity index (χ1v) is 7.80. The van der Waals surface area contributed by atoms with Gasteiger partial charge < -0.3 is 19.3 Å². The summed E-state index contributed by atoms with van der Waals surface area (Å²) in [5.41, 5.74) is -1.45. The molecule has 0 aliphatic heterocycles. The van der Waals surface area contributed by atoms with Crippen molar-refractivity contribution in [2.45, 2.75) is 38.3 Å². The molecule has 128 valence electrons. The SMILES string of the molecule is CCOC1(OCC)C[C@@](F)(C(=O)O)[C@H]1COCc1ccccc1. The zero-order valence-electron chi connectivity index (χ0n) is 13.5. The minimum atomic E-state index is -2.39. The molecule has 0 heterocycles. The molecular formula is C17H23FO5. The molecule has 5 nitrogen and oxygen atoms in total. The fraction of sp³-hybridized carbons (Fsp3) is 0.588. The standard InChI is InChI=1S/C17H23FO5/c1-3-22-17(23-4-2)12-16(18,15(19)20)14(17)11-21-10-13-8-6-5-7-9-13/h5-9,14H,3-4,10-12H2,1-2H3,(H,19,20)/t14-,16+/m1/s1. The molecule has 0 unspecified atom stereocenters. The maximum absolute atomic E-state index is 14.7. The monoisotopic (exact) mass is 326 g/mol. The number of ether oxygens (including phenoxy) is 3. The van der Waals surface area contributed by atoms with Gasteiger partial charge in [-0.15, -0.1) is 0 Å². The van der Waals surface area contributed by atoms with Gasteiger partial charge in [-0.3, -0.25) is 0 Å². The van der Waals surface area contributed by atoms with Gasteiger partial charge in [0.1, 0.15) is 0 Å². The van der Waals surface area contributed by atoms with E-state index in [4.69, 9.17) is 14.2 Å². The maximum Gasteiger partial charge on any atom is 0.342 e. The van der Waals surface area contributed by atoms with E-state index in [1.165, 1.54) is 0 Å². The van der Waals surface area contributed by atoms with E-state index in [2.05, 4.69) is 0 Å². The van der Waals surface area contributed by atoms with Crippen LogP contribution >= 0.6 is 0 Å². The van der Waals surface area contributed by atoms with Crippen molar-refractivity contribution in [2.24, 2.45) is 5.92 Å². The van der Waals surface area contributed by atoms with Gasteiger partial charge in [0.25, 0.3) is 0 Å². The number of alkyl halides is 1. The molecule has 0 saturated heterocycles. The average molecular weight is 326 g/mol. The second-order valence-electron chi connectivity index (χ2n) is 5.58. The predicted octanol–water partition coefficient (Wildman–Crippen LogP) is 2.79. The van der Waals surface area contributed by atoms with E-state index >= 15 is 0 Å². The van der Waals surface area contributed by atoms with Gasteiger partial charge in [0, 0.05) is 19.6 Å². The molecule has 0 aromatic heterocycles. The number of rotatable bonds is 9. The highest BCUT2D eigenvalue weighted by atomic mass is 19.1. The van der Waals surface area contributed by atoms with Crippen LogP contribution in [-0.2, 0) is 25.6 Å². The van der Waals surface area contributed by atoms with Crippen LogP contribution in [0.5, 0.6) is 0 Å². The minimum absolute atomic E-state index is 0.0856. The van der Waals surface area contributed by atoms with E-state index in [1.54, 1.807) is 13.8 Å². The molecule has 1 fully saturated rings. The Morgan fingerprint density at radius 2 is 1.87 bits per heavy atom. The molecule has 1 aliphatic rings. The third-order valence-electron chi connectivity index (χ3n) is 4.12. The summed E-state index contributed by atoms with van der Waals surface area (Å²) in [7, 11) is 0. The molecule has 1 aromatic rings. The highest BCUT2D eigenvalue weighted by Crippen LogP contribution is 2.53. The van der Waals surface area contributed by atoms with Crippen LogP contribution in [0.4, 0.5) is 4.39 Å². The van der Waals surface area contributed by atoms with Gasteiger partial charge in [-0.05, 0) is 19.4 Å². The Morgan fingerprint density at radius 1 is 1.26 bits per heavy atom. The van der Waals surface area contributed by atoms with Gasteiger partial charge in [-0.2, -0.15) is 0 Å². The van der Waals surface area contributed by atoms with Crippen LogP contribution in [0.3, 0.4) is 0 Å². The molecule has 0 amide bonds.